The fraction of sp³-hybridized carbons (Fsp3) is 0.154. The predicted molar refractivity (Wildman–Crippen MR) is 68.9 cm³/mol. The number of hydrogen-bond donors (Lipinski definition) is 1. The summed E-state index contributed by atoms with van der Waals surface area (Å²) in [5, 5.41) is 8.61. The van der Waals surface area contributed by atoms with E-state index in [-0.39, 0.29) is 0 Å². The molecule has 0 saturated carbocycles. The lowest BCUT2D eigenvalue weighted by Gasteiger charge is -2.02. The first-order chi connectivity index (χ1) is 8.58. The molecular weight excluding hydrogens is 250 g/mol. The van der Waals surface area contributed by atoms with Crippen LogP contribution in [0.15, 0.2) is 29.8 Å². The van der Waals surface area contributed by atoms with Crippen LogP contribution in [0.4, 0.5) is 0 Å². The van der Waals surface area contributed by atoms with Crippen LogP contribution in [0.3, 0.4) is 0 Å². The molecule has 2 aromatic rings. The number of aliphatic carboxylic acids is 1. The summed E-state index contributed by atoms with van der Waals surface area (Å²) in [5.74, 6) is -1.51. The van der Waals surface area contributed by atoms with Gasteiger partial charge in [-0.05, 0) is 13.0 Å². The number of thiazole rings is 1. The molecule has 1 heterocycles. The second-order valence-corrected chi connectivity index (χ2v) is 4.89. The Kier molecular flexibility index (Phi) is 3.53. The molecule has 0 bridgehead atoms. The third-order valence-corrected chi connectivity index (χ3v) is 3.27. The summed E-state index contributed by atoms with van der Waals surface area (Å²) in [6, 6.07) is 6.91. The van der Waals surface area contributed by atoms with Gasteiger partial charge in [0.2, 0.25) is 0 Å². The molecule has 0 radical (unpaired) electrons. The Morgan fingerprint density at radius 2 is 2.17 bits per heavy atom. The largest absolute Gasteiger partial charge is 0.481 e. The minimum absolute atomic E-state index is 0.391. The highest BCUT2D eigenvalue weighted by Crippen LogP contribution is 2.25. The molecule has 0 aliphatic carbocycles. The van der Waals surface area contributed by atoms with E-state index in [0.717, 1.165) is 16.1 Å². The van der Waals surface area contributed by atoms with Crippen LogP contribution in [0.5, 0.6) is 0 Å². The second kappa shape index (κ2) is 5.10. The number of nitrogens with zero attached hydrogens (tertiary/aromatic N) is 1. The van der Waals surface area contributed by atoms with Crippen molar-refractivity contribution in [2.45, 2.75) is 13.3 Å². The van der Waals surface area contributed by atoms with Gasteiger partial charge < -0.3 is 5.11 Å². The van der Waals surface area contributed by atoms with Gasteiger partial charge in [-0.15, -0.1) is 11.3 Å². The molecule has 1 N–H and O–H groups in total. The zero-order chi connectivity index (χ0) is 13.1. The average molecular weight is 261 g/mol. The normalized spacial score (nSPS) is 10.3. The quantitative estimate of drug-likeness (QED) is 0.678. The number of carboxylic acids is 1. The fourth-order valence-corrected chi connectivity index (χ4v) is 2.26. The lowest BCUT2D eigenvalue weighted by molar-refractivity contribution is -0.135. The van der Waals surface area contributed by atoms with E-state index in [2.05, 4.69) is 4.98 Å². The zero-order valence-corrected chi connectivity index (χ0v) is 10.5. The standard InChI is InChI=1S/C13H11NO3S/c1-8-13(14-7-18-8)10-4-2-3-9(5-10)11(15)6-12(16)17/h2-5,7H,6H2,1H3,(H,16,17). The van der Waals surface area contributed by atoms with Crippen LogP contribution in [-0.2, 0) is 4.79 Å². The van der Waals surface area contributed by atoms with Gasteiger partial charge in [0, 0.05) is 16.0 Å². The van der Waals surface area contributed by atoms with E-state index in [0.29, 0.717) is 5.56 Å². The number of carboxylic acid groups (broad SMARTS) is 1. The number of Topliss-reactive ketones (excluding diaryl/α,β-unsaturated/α-hetero) is 1. The monoisotopic (exact) mass is 261 g/mol. The number of carbonyl (C=O) groups excluding carboxylic acids is 1. The molecule has 92 valence electrons. The number of benzene rings is 1. The van der Waals surface area contributed by atoms with Crippen molar-refractivity contribution in [2.75, 3.05) is 0 Å². The molecule has 0 aliphatic rings. The van der Waals surface area contributed by atoms with Gasteiger partial charge in [-0.1, -0.05) is 18.2 Å². The van der Waals surface area contributed by atoms with Gasteiger partial charge in [0.25, 0.3) is 0 Å². The highest BCUT2D eigenvalue weighted by molar-refractivity contribution is 7.10. The SMILES string of the molecule is Cc1scnc1-c1cccc(C(=O)CC(=O)O)c1. The first-order valence-corrected chi connectivity index (χ1v) is 6.21. The van der Waals surface area contributed by atoms with E-state index in [1.54, 1.807) is 23.7 Å². The van der Waals surface area contributed by atoms with Gasteiger partial charge in [-0.2, -0.15) is 0 Å². The van der Waals surface area contributed by atoms with Crippen molar-refractivity contribution >= 4 is 23.1 Å². The third-order valence-electron chi connectivity index (χ3n) is 2.51. The molecule has 18 heavy (non-hydrogen) atoms. The Morgan fingerprint density at radius 1 is 1.39 bits per heavy atom. The third kappa shape index (κ3) is 2.62. The summed E-state index contributed by atoms with van der Waals surface area (Å²) in [6.45, 7) is 1.96. The van der Waals surface area contributed by atoms with Crippen LogP contribution in [0.1, 0.15) is 21.7 Å². The summed E-state index contributed by atoms with van der Waals surface area (Å²) in [5.41, 5.74) is 3.83. The molecule has 1 aromatic carbocycles. The topological polar surface area (TPSA) is 67.3 Å². The Bertz CT molecular complexity index is 604. The minimum atomic E-state index is -1.12. The van der Waals surface area contributed by atoms with Gasteiger partial charge in [0.15, 0.2) is 5.78 Å². The second-order valence-electron chi connectivity index (χ2n) is 3.83. The molecule has 0 saturated heterocycles. The van der Waals surface area contributed by atoms with E-state index in [1.807, 2.05) is 13.0 Å². The molecule has 0 spiro atoms. The van der Waals surface area contributed by atoms with E-state index in [4.69, 9.17) is 5.11 Å². The van der Waals surface area contributed by atoms with Crippen LogP contribution >= 0.6 is 11.3 Å². The number of aryl methyl sites for hydroxylation is 1. The molecule has 0 unspecified atom stereocenters. The minimum Gasteiger partial charge on any atom is -0.481 e. The van der Waals surface area contributed by atoms with Gasteiger partial charge in [-0.25, -0.2) is 4.98 Å². The van der Waals surface area contributed by atoms with E-state index < -0.39 is 18.2 Å². The van der Waals surface area contributed by atoms with Crippen molar-refractivity contribution in [3.63, 3.8) is 0 Å². The number of aromatic nitrogens is 1. The number of ketones is 1. The van der Waals surface area contributed by atoms with Gasteiger partial charge in [-0.3, -0.25) is 9.59 Å². The Hall–Kier alpha value is -2.01. The number of carbonyl (C=O) groups is 2. The lowest BCUT2D eigenvalue weighted by Crippen LogP contribution is -2.06. The first-order valence-electron chi connectivity index (χ1n) is 5.33. The van der Waals surface area contributed by atoms with E-state index in [1.165, 1.54) is 11.3 Å². The van der Waals surface area contributed by atoms with Crippen LogP contribution in [0, 0.1) is 6.92 Å². The molecule has 5 heteroatoms. The Balaban J connectivity index is 2.34. The molecule has 2 rings (SSSR count). The van der Waals surface area contributed by atoms with Crippen molar-refractivity contribution < 1.29 is 14.7 Å². The van der Waals surface area contributed by atoms with Crippen molar-refractivity contribution in [3.8, 4) is 11.3 Å². The summed E-state index contributed by atoms with van der Waals surface area (Å²) in [7, 11) is 0. The molecule has 1 aromatic heterocycles. The highest BCUT2D eigenvalue weighted by atomic mass is 32.1. The van der Waals surface area contributed by atoms with Crippen molar-refractivity contribution in [3.05, 3.63) is 40.2 Å². The molecule has 0 aliphatic heterocycles. The fourth-order valence-electron chi connectivity index (χ4n) is 1.66. The summed E-state index contributed by atoms with van der Waals surface area (Å²) in [6.07, 6.45) is -0.487. The number of hydrogen-bond acceptors (Lipinski definition) is 4. The van der Waals surface area contributed by atoms with Crippen LogP contribution in [-0.4, -0.2) is 21.8 Å². The lowest BCUT2D eigenvalue weighted by atomic mass is 10.0. The average Bonchev–Trinajstić information content (AvgIpc) is 2.75. The molecule has 0 amide bonds. The predicted octanol–water partition coefficient (Wildman–Crippen LogP) is 2.78. The molecular formula is C13H11NO3S. The van der Waals surface area contributed by atoms with E-state index in [9.17, 15) is 9.59 Å². The summed E-state index contributed by atoms with van der Waals surface area (Å²) in [4.78, 5) is 27.5. The molecule has 0 atom stereocenters. The smallest absolute Gasteiger partial charge is 0.311 e. The highest BCUT2D eigenvalue weighted by Gasteiger charge is 2.12. The molecule has 4 nitrogen and oxygen atoms in total. The summed E-state index contributed by atoms with van der Waals surface area (Å²) < 4.78 is 0. The van der Waals surface area contributed by atoms with Gasteiger partial charge >= 0.3 is 5.97 Å². The van der Waals surface area contributed by atoms with Crippen molar-refractivity contribution in [1.82, 2.24) is 4.98 Å². The maximum Gasteiger partial charge on any atom is 0.311 e. The van der Waals surface area contributed by atoms with Crippen LogP contribution in [0.2, 0.25) is 0 Å². The first kappa shape index (κ1) is 12.4. The zero-order valence-electron chi connectivity index (χ0n) is 9.71. The van der Waals surface area contributed by atoms with Crippen LogP contribution in [0.25, 0.3) is 11.3 Å². The number of rotatable bonds is 4. The van der Waals surface area contributed by atoms with Gasteiger partial charge in [0.05, 0.1) is 11.2 Å². The molecule has 0 fully saturated rings. The Morgan fingerprint density at radius 3 is 2.78 bits per heavy atom. The Labute approximate surface area is 108 Å². The van der Waals surface area contributed by atoms with Crippen molar-refractivity contribution in [1.29, 1.82) is 0 Å². The van der Waals surface area contributed by atoms with Crippen molar-refractivity contribution in [2.24, 2.45) is 0 Å². The maximum absolute atomic E-state index is 11.7. The maximum atomic E-state index is 11.7. The van der Waals surface area contributed by atoms with E-state index >= 15 is 0 Å². The van der Waals surface area contributed by atoms with Gasteiger partial charge in [0.1, 0.15) is 6.42 Å². The van der Waals surface area contributed by atoms with Crippen LogP contribution < -0.4 is 0 Å². The summed E-state index contributed by atoms with van der Waals surface area (Å²) >= 11 is 1.53.